The smallest absolute Gasteiger partial charge is 0.241 e. The lowest BCUT2D eigenvalue weighted by Gasteiger charge is -2.29. The molecule has 1 aromatic heterocycles. The highest BCUT2D eigenvalue weighted by Crippen LogP contribution is 2.24. The van der Waals surface area contributed by atoms with Crippen molar-refractivity contribution in [2.24, 2.45) is 5.92 Å². The lowest BCUT2D eigenvalue weighted by molar-refractivity contribution is -0.123. The van der Waals surface area contributed by atoms with Crippen molar-refractivity contribution >= 4 is 28.4 Å². The summed E-state index contributed by atoms with van der Waals surface area (Å²) in [4.78, 5) is 12.2. The van der Waals surface area contributed by atoms with Gasteiger partial charge in [-0.2, -0.15) is 5.10 Å². The minimum Gasteiger partial charge on any atom is -0.351 e. The van der Waals surface area contributed by atoms with Crippen LogP contribution in [-0.2, 0) is 11.3 Å². The number of carbonyl (C=O) groups excluding carboxylic acids is 1. The van der Waals surface area contributed by atoms with E-state index in [0.29, 0.717) is 17.0 Å². The maximum absolute atomic E-state index is 12.2. The quantitative estimate of drug-likeness (QED) is 0.945. The Morgan fingerprint density at radius 3 is 3.05 bits per heavy atom. The molecule has 2 atom stereocenters. The van der Waals surface area contributed by atoms with Gasteiger partial charge in [0.25, 0.3) is 0 Å². The Morgan fingerprint density at radius 1 is 1.43 bits per heavy atom. The molecule has 0 saturated heterocycles. The zero-order chi connectivity index (χ0) is 14.8. The van der Waals surface area contributed by atoms with E-state index in [4.69, 9.17) is 11.6 Å². The fraction of sp³-hybridized carbons (Fsp3) is 0.500. The first-order chi connectivity index (χ1) is 10.1. The third kappa shape index (κ3) is 3.21. The van der Waals surface area contributed by atoms with E-state index in [1.54, 1.807) is 10.9 Å². The summed E-state index contributed by atoms with van der Waals surface area (Å²) in [5.41, 5.74) is 0.898. The summed E-state index contributed by atoms with van der Waals surface area (Å²) in [5, 5.41) is 9.10. The SMILES string of the molecule is C[C@@H]1CCCC[C@H]1NC(=O)Cn1ncc2ccc(Cl)cc21. The highest BCUT2D eigenvalue weighted by molar-refractivity contribution is 6.31. The van der Waals surface area contributed by atoms with Crippen LogP contribution in [0.2, 0.25) is 5.02 Å². The molecule has 0 bridgehead atoms. The van der Waals surface area contributed by atoms with E-state index in [1.165, 1.54) is 19.3 Å². The van der Waals surface area contributed by atoms with E-state index in [1.807, 2.05) is 18.2 Å². The summed E-state index contributed by atoms with van der Waals surface area (Å²) >= 11 is 6.02. The Hall–Kier alpha value is -1.55. The van der Waals surface area contributed by atoms with Crippen molar-refractivity contribution in [3.8, 4) is 0 Å². The summed E-state index contributed by atoms with van der Waals surface area (Å²) in [6, 6.07) is 5.90. The van der Waals surface area contributed by atoms with Crippen molar-refractivity contribution in [3.05, 3.63) is 29.4 Å². The number of nitrogens with one attached hydrogen (secondary N) is 1. The van der Waals surface area contributed by atoms with E-state index >= 15 is 0 Å². The van der Waals surface area contributed by atoms with Gasteiger partial charge in [-0.05, 0) is 37.0 Å². The molecule has 1 saturated carbocycles. The number of rotatable bonds is 3. The van der Waals surface area contributed by atoms with Crippen LogP contribution >= 0.6 is 11.6 Å². The van der Waals surface area contributed by atoms with E-state index in [-0.39, 0.29) is 12.5 Å². The molecule has 0 aliphatic heterocycles. The van der Waals surface area contributed by atoms with E-state index in [9.17, 15) is 4.79 Å². The molecule has 3 rings (SSSR count). The number of carbonyl (C=O) groups is 1. The second kappa shape index (κ2) is 6.06. The van der Waals surface area contributed by atoms with Gasteiger partial charge < -0.3 is 5.32 Å². The van der Waals surface area contributed by atoms with Gasteiger partial charge in [-0.25, -0.2) is 0 Å². The molecule has 0 unspecified atom stereocenters. The molecule has 1 N–H and O–H groups in total. The molecule has 4 nitrogen and oxygen atoms in total. The van der Waals surface area contributed by atoms with Crippen LogP contribution in [0.5, 0.6) is 0 Å². The van der Waals surface area contributed by atoms with Crippen LogP contribution < -0.4 is 5.32 Å². The summed E-state index contributed by atoms with van der Waals surface area (Å²) in [6.07, 6.45) is 6.53. The molecular weight excluding hydrogens is 286 g/mol. The summed E-state index contributed by atoms with van der Waals surface area (Å²) in [5.74, 6) is 0.588. The van der Waals surface area contributed by atoms with Gasteiger partial charge in [0.05, 0.1) is 11.7 Å². The predicted octanol–water partition coefficient (Wildman–Crippen LogP) is 3.38. The van der Waals surface area contributed by atoms with Crippen molar-refractivity contribution < 1.29 is 4.79 Å². The first-order valence-electron chi connectivity index (χ1n) is 7.54. The number of benzene rings is 1. The van der Waals surface area contributed by atoms with Crippen LogP contribution in [0, 0.1) is 5.92 Å². The molecule has 2 aromatic rings. The molecule has 1 fully saturated rings. The number of halogens is 1. The molecular formula is C16H20ClN3O. The van der Waals surface area contributed by atoms with Crippen LogP contribution in [0.15, 0.2) is 24.4 Å². The molecule has 0 radical (unpaired) electrons. The topological polar surface area (TPSA) is 46.9 Å². The highest BCUT2D eigenvalue weighted by Gasteiger charge is 2.23. The van der Waals surface area contributed by atoms with Gasteiger partial charge in [0.15, 0.2) is 0 Å². The maximum atomic E-state index is 12.2. The number of amides is 1. The van der Waals surface area contributed by atoms with Crippen LogP contribution in [0.3, 0.4) is 0 Å². The molecule has 1 amide bonds. The minimum absolute atomic E-state index is 0.0266. The normalized spacial score (nSPS) is 22.4. The number of nitrogens with zero attached hydrogens (tertiary/aromatic N) is 2. The van der Waals surface area contributed by atoms with Crippen molar-refractivity contribution in [2.75, 3.05) is 0 Å². The van der Waals surface area contributed by atoms with Crippen LogP contribution in [0.25, 0.3) is 10.9 Å². The first-order valence-corrected chi connectivity index (χ1v) is 7.92. The molecule has 21 heavy (non-hydrogen) atoms. The Bertz CT molecular complexity index is 652. The molecule has 112 valence electrons. The Kier molecular flexibility index (Phi) is 4.15. The van der Waals surface area contributed by atoms with Crippen molar-refractivity contribution in [2.45, 2.75) is 45.2 Å². The average molecular weight is 306 g/mol. The Morgan fingerprint density at radius 2 is 2.24 bits per heavy atom. The molecule has 1 aliphatic rings. The molecule has 0 spiro atoms. The predicted molar refractivity (Wildman–Crippen MR) is 84.3 cm³/mol. The third-order valence-electron chi connectivity index (χ3n) is 4.36. The van der Waals surface area contributed by atoms with Gasteiger partial charge in [-0.15, -0.1) is 0 Å². The van der Waals surface area contributed by atoms with Crippen LogP contribution in [0.4, 0.5) is 0 Å². The van der Waals surface area contributed by atoms with E-state index < -0.39 is 0 Å². The van der Waals surface area contributed by atoms with Gasteiger partial charge in [0, 0.05) is 16.5 Å². The minimum atomic E-state index is 0.0266. The van der Waals surface area contributed by atoms with Crippen LogP contribution in [0.1, 0.15) is 32.6 Å². The number of aromatic nitrogens is 2. The standard InChI is InChI=1S/C16H20ClN3O/c1-11-4-2-3-5-14(11)19-16(21)10-20-15-8-13(17)7-6-12(15)9-18-20/h6-9,11,14H,2-5,10H2,1H3,(H,19,21)/t11-,14-/m1/s1. The monoisotopic (exact) mass is 305 g/mol. The lowest BCUT2D eigenvalue weighted by atomic mass is 9.86. The summed E-state index contributed by atoms with van der Waals surface area (Å²) < 4.78 is 1.71. The highest BCUT2D eigenvalue weighted by atomic mass is 35.5. The second-order valence-electron chi connectivity index (χ2n) is 5.94. The van der Waals surface area contributed by atoms with Gasteiger partial charge in [0.1, 0.15) is 6.54 Å². The zero-order valence-corrected chi connectivity index (χ0v) is 12.9. The molecule has 1 heterocycles. The van der Waals surface area contributed by atoms with Crippen molar-refractivity contribution in [3.63, 3.8) is 0 Å². The fourth-order valence-corrected chi connectivity index (χ4v) is 3.26. The molecule has 5 heteroatoms. The van der Waals surface area contributed by atoms with Gasteiger partial charge in [-0.3, -0.25) is 9.48 Å². The largest absolute Gasteiger partial charge is 0.351 e. The van der Waals surface area contributed by atoms with Crippen LogP contribution in [-0.4, -0.2) is 21.7 Å². The first kappa shape index (κ1) is 14.4. The number of hydrogen-bond donors (Lipinski definition) is 1. The van der Waals surface area contributed by atoms with Gasteiger partial charge in [0.2, 0.25) is 5.91 Å². The van der Waals surface area contributed by atoms with Gasteiger partial charge in [-0.1, -0.05) is 31.4 Å². The molecule has 1 aliphatic carbocycles. The van der Waals surface area contributed by atoms with Crippen molar-refractivity contribution in [1.29, 1.82) is 0 Å². The lowest BCUT2D eigenvalue weighted by Crippen LogP contribution is -2.42. The van der Waals surface area contributed by atoms with E-state index in [0.717, 1.165) is 17.3 Å². The van der Waals surface area contributed by atoms with Crippen molar-refractivity contribution in [1.82, 2.24) is 15.1 Å². The maximum Gasteiger partial charge on any atom is 0.241 e. The van der Waals surface area contributed by atoms with Gasteiger partial charge >= 0.3 is 0 Å². The molecule has 1 aromatic carbocycles. The second-order valence-corrected chi connectivity index (χ2v) is 6.38. The summed E-state index contributed by atoms with van der Waals surface area (Å²) in [6.45, 7) is 2.46. The average Bonchev–Trinajstić information content (AvgIpc) is 2.84. The number of fused-ring (bicyclic) bond motifs is 1. The Balaban J connectivity index is 1.70. The Labute approximate surface area is 129 Å². The third-order valence-corrected chi connectivity index (χ3v) is 4.59. The summed E-state index contributed by atoms with van der Waals surface area (Å²) in [7, 11) is 0. The zero-order valence-electron chi connectivity index (χ0n) is 12.2. The fourth-order valence-electron chi connectivity index (χ4n) is 3.09. The van der Waals surface area contributed by atoms with E-state index in [2.05, 4.69) is 17.3 Å². The number of hydrogen-bond acceptors (Lipinski definition) is 2.